The molecule has 1 aliphatic carbocycles. The maximum absolute atomic E-state index is 12.7. The summed E-state index contributed by atoms with van der Waals surface area (Å²) in [5.74, 6) is 0.700. The zero-order valence-corrected chi connectivity index (χ0v) is 14.1. The molecule has 0 aliphatic heterocycles. The van der Waals surface area contributed by atoms with Gasteiger partial charge in [-0.05, 0) is 38.3 Å². The van der Waals surface area contributed by atoms with Crippen LogP contribution in [0, 0.1) is 6.92 Å². The molecule has 26 heavy (non-hydrogen) atoms. The van der Waals surface area contributed by atoms with Crippen molar-refractivity contribution in [3.8, 4) is 0 Å². The minimum Gasteiger partial charge on any atom is -0.310 e. The molecule has 1 N–H and O–H groups in total. The first-order valence-corrected chi connectivity index (χ1v) is 8.28. The highest BCUT2D eigenvalue weighted by molar-refractivity contribution is 5.78. The molecule has 1 unspecified atom stereocenters. The second kappa shape index (κ2) is 5.65. The normalized spacial score (nSPS) is 16.2. The van der Waals surface area contributed by atoms with E-state index in [-0.39, 0.29) is 11.5 Å². The number of aryl methyl sites for hydroxylation is 1. The van der Waals surface area contributed by atoms with Crippen molar-refractivity contribution in [3.63, 3.8) is 0 Å². The molecule has 0 spiro atoms. The molecular formula is C17H16F3N5O. The molecule has 1 saturated carbocycles. The van der Waals surface area contributed by atoms with Gasteiger partial charge in [0.25, 0.3) is 5.56 Å². The number of fused-ring (bicyclic) bond motifs is 1. The number of halogens is 3. The van der Waals surface area contributed by atoms with Gasteiger partial charge in [0.15, 0.2) is 5.65 Å². The van der Waals surface area contributed by atoms with E-state index < -0.39 is 17.9 Å². The Balaban J connectivity index is 1.82. The third-order valence-electron chi connectivity index (χ3n) is 4.60. The summed E-state index contributed by atoms with van der Waals surface area (Å²) in [4.78, 5) is 23.0. The molecule has 0 aromatic carbocycles. The lowest BCUT2D eigenvalue weighted by Crippen LogP contribution is -2.14. The summed E-state index contributed by atoms with van der Waals surface area (Å²) in [5.41, 5.74) is 0.534. The Morgan fingerprint density at radius 2 is 2.04 bits per heavy atom. The zero-order chi connectivity index (χ0) is 18.6. The van der Waals surface area contributed by atoms with E-state index in [0.29, 0.717) is 28.1 Å². The standard InChI is InChI=1S/C17H16F3N5O/c1-8(11-5-6-12(21-7-11)17(18,19)20)25-15-13(14(24-25)10-3-4-10)16(26)23-9(2)22-15/h5-8,10H,3-4H2,1-2H3,(H,22,23,26). The number of alkyl halides is 3. The second-order valence-corrected chi connectivity index (χ2v) is 6.60. The van der Waals surface area contributed by atoms with Crippen molar-refractivity contribution in [2.75, 3.05) is 0 Å². The van der Waals surface area contributed by atoms with Crippen LogP contribution in [0.2, 0.25) is 0 Å². The van der Waals surface area contributed by atoms with Crippen molar-refractivity contribution >= 4 is 11.0 Å². The fraction of sp³-hybridized carbons (Fsp3) is 0.412. The Morgan fingerprint density at radius 1 is 1.31 bits per heavy atom. The van der Waals surface area contributed by atoms with E-state index in [4.69, 9.17) is 0 Å². The monoisotopic (exact) mass is 363 g/mol. The van der Waals surface area contributed by atoms with Gasteiger partial charge in [-0.15, -0.1) is 0 Å². The summed E-state index contributed by atoms with van der Waals surface area (Å²) in [6.45, 7) is 3.48. The first-order chi connectivity index (χ1) is 12.3. The molecule has 1 atom stereocenters. The van der Waals surface area contributed by atoms with Gasteiger partial charge in [0.2, 0.25) is 0 Å². The van der Waals surface area contributed by atoms with Gasteiger partial charge in [0.1, 0.15) is 16.9 Å². The smallest absolute Gasteiger partial charge is 0.310 e. The molecule has 4 rings (SSSR count). The molecule has 1 fully saturated rings. The minimum atomic E-state index is -4.48. The van der Waals surface area contributed by atoms with E-state index in [0.717, 1.165) is 18.9 Å². The van der Waals surface area contributed by atoms with Gasteiger partial charge >= 0.3 is 6.18 Å². The zero-order valence-electron chi connectivity index (χ0n) is 14.1. The van der Waals surface area contributed by atoms with E-state index in [1.54, 1.807) is 18.5 Å². The Hall–Kier alpha value is -2.71. The maximum Gasteiger partial charge on any atom is 0.433 e. The van der Waals surface area contributed by atoms with Gasteiger partial charge < -0.3 is 4.98 Å². The molecular weight excluding hydrogens is 347 g/mol. The summed E-state index contributed by atoms with van der Waals surface area (Å²) in [7, 11) is 0. The van der Waals surface area contributed by atoms with Gasteiger partial charge in [-0.25, -0.2) is 9.67 Å². The summed E-state index contributed by atoms with van der Waals surface area (Å²) in [6.07, 6.45) is -1.35. The third kappa shape index (κ3) is 2.77. The fourth-order valence-electron chi connectivity index (χ4n) is 3.06. The van der Waals surface area contributed by atoms with Crippen LogP contribution in [0.15, 0.2) is 23.1 Å². The van der Waals surface area contributed by atoms with Gasteiger partial charge in [-0.1, -0.05) is 6.07 Å². The topological polar surface area (TPSA) is 76.5 Å². The molecule has 1 aliphatic rings. The van der Waals surface area contributed by atoms with E-state index >= 15 is 0 Å². The van der Waals surface area contributed by atoms with Crippen LogP contribution in [-0.2, 0) is 6.18 Å². The molecule has 3 aromatic heterocycles. The number of hydrogen-bond donors (Lipinski definition) is 1. The number of pyridine rings is 1. The molecule has 0 amide bonds. The molecule has 6 nitrogen and oxygen atoms in total. The van der Waals surface area contributed by atoms with Gasteiger partial charge in [-0.3, -0.25) is 9.78 Å². The van der Waals surface area contributed by atoms with E-state index in [9.17, 15) is 18.0 Å². The van der Waals surface area contributed by atoms with E-state index in [2.05, 4.69) is 20.1 Å². The van der Waals surface area contributed by atoms with Crippen LogP contribution in [0.1, 0.15) is 54.5 Å². The average Bonchev–Trinajstić information content (AvgIpc) is 3.34. The molecule has 0 saturated heterocycles. The van der Waals surface area contributed by atoms with Crippen molar-refractivity contribution in [2.24, 2.45) is 0 Å². The highest BCUT2D eigenvalue weighted by Crippen LogP contribution is 2.42. The van der Waals surface area contributed by atoms with E-state index in [1.165, 1.54) is 12.3 Å². The molecule has 0 bridgehead atoms. The largest absolute Gasteiger partial charge is 0.433 e. The summed E-state index contributed by atoms with van der Waals surface area (Å²) >= 11 is 0. The summed E-state index contributed by atoms with van der Waals surface area (Å²) in [5, 5.41) is 5.05. The molecule has 3 heterocycles. The number of hydrogen-bond acceptors (Lipinski definition) is 4. The SMILES string of the molecule is Cc1nc2c(c(C3CC3)nn2C(C)c2ccc(C(F)(F)F)nc2)c(=O)[nH]1. The Bertz CT molecular complexity index is 1030. The second-order valence-electron chi connectivity index (χ2n) is 6.60. The predicted octanol–water partition coefficient (Wildman–Crippen LogP) is 3.33. The number of aromatic nitrogens is 5. The third-order valence-corrected chi connectivity index (χ3v) is 4.60. The van der Waals surface area contributed by atoms with Gasteiger partial charge in [0, 0.05) is 12.1 Å². The fourth-order valence-corrected chi connectivity index (χ4v) is 3.06. The quantitative estimate of drug-likeness (QED) is 0.774. The summed E-state index contributed by atoms with van der Waals surface area (Å²) < 4.78 is 39.7. The lowest BCUT2D eigenvalue weighted by molar-refractivity contribution is -0.141. The first kappa shape index (κ1) is 16.7. The molecule has 136 valence electrons. The van der Waals surface area contributed by atoms with Gasteiger partial charge in [0.05, 0.1) is 11.7 Å². The van der Waals surface area contributed by atoms with Crippen molar-refractivity contribution in [1.29, 1.82) is 0 Å². The maximum atomic E-state index is 12.7. The minimum absolute atomic E-state index is 0.238. The average molecular weight is 363 g/mol. The van der Waals surface area contributed by atoms with Crippen molar-refractivity contribution < 1.29 is 13.2 Å². The number of nitrogens with zero attached hydrogens (tertiary/aromatic N) is 4. The van der Waals surface area contributed by atoms with E-state index in [1.807, 2.05) is 0 Å². The highest BCUT2D eigenvalue weighted by atomic mass is 19.4. The van der Waals surface area contributed by atoms with Crippen LogP contribution < -0.4 is 5.56 Å². The van der Waals surface area contributed by atoms with Crippen molar-refractivity contribution in [2.45, 2.75) is 44.8 Å². The lowest BCUT2D eigenvalue weighted by atomic mass is 10.1. The van der Waals surface area contributed by atoms with Crippen LogP contribution in [0.25, 0.3) is 11.0 Å². The Morgan fingerprint density at radius 3 is 2.62 bits per heavy atom. The lowest BCUT2D eigenvalue weighted by Gasteiger charge is -2.14. The molecule has 9 heteroatoms. The van der Waals surface area contributed by atoms with Crippen LogP contribution in [0.4, 0.5) is 13.2 Å². The molecule has 0 radical (unpaired) electrons. The van der Waals surface area contributed by atoms with Crippen molar-refractivity contribution in [3.05, 3.63) is 51.5 Å². The number of rotatable bonds is 3. The van der Waals surface area contributed by atoms with Crippen LogP contribution in [0.5, 0.6) is 0 Å². The first-order valence-electron chi connectivity index (χ1n) is 8.28. The molecule has 3 aromatic rings. The summed E-state index contributed by atoms with van der Waals surface area (Å²) in [6, 6.07) is 1.92. The Labute approximate surface area is 146 Å². The number of H-pyrrole nitrogens is 1. The number of aromatic amines is 1. The highest BCUT2D eigenvalue weighted by Gasteiger charge is 2.33. The van der Waals surface area contributed by atoms with Gasteiger partial charge in [-0.2, -0.15) is 18.3 Å². The Kier molecular flexibility index (Phi) is 3.64. The van der Waals surface area contributed by atoms with Crippen LogP contribution >= 0.6 is 0 Å². The van der Waals surface area contributed by atoms with Crippen LogP contribution in [0.3, 0.4) is 0 Å². The van der Waals surface area contributed by atoms with Crippen molar-refractivity contribution in [1.82, 2.24) is 24.7 Å². The van der Waals surface area contributed by atoms with Crippen LogP contribution in [-0.4, -0.2) is 24.7 Å². The number of nitrogens with one attached hydrogen (secondary N) is 1. The predicted molar refractivity (Wildman–Crippen MR) is 87.9 cm³/mol.